The number of para-hydroxylation sites is 1. The van der Waals surface area contributed by atoms with Crippen LogP contribution in [0.2, 0.25) is 0 Å². The second-order valence-corrected chi connectivity index (χ2v) is 4.21. The molecule has 2 unspecified atom stereocenters. The molecule has 1 rings (SSSR count). The molecule has 0 aliphatic rings. The maximum Gasteiger partial charge on any atom is 0.387 e. The van der Waals surface area contributed by atoms with Gasteiger partial charge < -0.3 is 10.5 Å². The molecule has 0 radical (unpaired) electrons. The fourth-order valence-electron chi connectivity index (χ4n) is 1.90. The SMILES string of the molecule is CCCC(C)C(N)c1ccccc1OC(F)F. The van der Waals surface area contributed by atoms with Crippen molar-refractivity contribution in [3.8, 4) is 5.75 Å². The predicted molar refractivity (Wildman–Crippen MR) is 64.1 cm³/mol. The topological polar surface area (TPSA) is 35.2 Å². The molecule has 0 amide bonds. The number of nitrogens with two attached hydrogens (primary N) is 1. The Labute approximate surface area is 101 Å². The highest BCUT2D eigenvalue weighted by atomic mass is 19.3. The molecule has 1 aromatic rings. The molecule has 2 atom stereocenters. The Morgan fingerprint density at radius 1 is 1.29 bits per heavy atom. The van der Waals surface area contributed by atoms with Gasteiger partial charge in [0.25, 0.3) is 0 Å². The van der Waals surface area contributed by atoms with Crippen LogP contribution in [0, 0.1) is 5.92 Å². The summed E-state index contributed by atoms with van der Waals surface area (Å²) in [6.45, 7) is 1.28. The molecule has 2 N–H and O–H groups in total. The van der Waals surface area contributed by atoms with Crippen LogP contribution in [0.5, 0.6) is 5.75 Å². The minimum atomic E-state index is -2.81. The molecule has 0 aromatic heterocycles. The standard InChI is InChI=1S/C13H19F2NO/c1-3-6-9(2)12(16)10-7-4-5-8-11(10)17-13(14)15/h4-5,7-9,12-13H,3,6,16H2,1-2H3. The smallest absolute Gasteiger partial charge is 0.387 e. The summed E-state index contributed by atoms with van der Waals surface area (Å²) in [6.07, 6.45) is 1.98. The molecule has 1 aromatic carbocycles. The largest absolute Gasteiger partial charge is 0.434 e. The summed E-state index contributed by atoms with van der Waals surface area (Å²) < 4.78 is 29.0. The van der Waals surface area contributed by atoms with Gasteiger partial charge in [-0.05, 0) is 18.4 Å². The number of hydrogen-bond acceptors (Lipinski definition) is 2. The lowest BCUT2D eigenvalue weighted by atomic mass is 9.91. The van der Waals surface area contributed by atoms with E-state index >= 15 is 0 Å². The lowest BCUT2D eigenvalue weighted by Gasteiger charge is -2.22. The van der Waals surface area contributed by atoms with Crippen molar-refractivity contribution < 1.29 is 13.5 Å². The first kappa shape index (κ1) is 13.9. The predicted octanol–water partition coefficient (Wildman–Crippen LogP) is 3.72. The second kappa shape index (κ2) is 6.55. The van der Waals surface area contributed by atoms with Crippen LogP contribution in [0.4, 0.5) is 8.78 Å². The Morgan fingerprint density at radius 2 is 1.94 bits per heavy atom. The first-order valence-electron chi connectivity index (χ1n) is 5.85. The van der Waals surface area contributed by atoms with E-state index in [0.717, 1.165) is 12.8 Å². The van der Waals surface area contributed by atoms with Crippen LogP contribution < -0.4 is 10.5 Å². The quantitative estimate of drug-likeness (QED) is 0.826. The van der Waals surface area contributed by atoms with Crippen molar-refractivity contribution in [2.24, 2.45) is 11.7 Å². The molecule has 4 heteroatoms. The van der Waals surface area contributed by atoms with Gasteiger partial charge in [-0.2, -0.15) is 8.78 Å². The molecule has 0 aliphatic carbocycles. The zero-order valence-electron chi connectivity index (χ0n) is 10.2. The van der Waals surface area contributed by atoms with E-state index in [2.05, 4.69) is 11.7 Å². The Morgan fingerprint density at radius 3 is 2.53 bits per heavy atom. The summed E-state index contributed by atoms with van der Waals surface area (Å²) >= 11 is 0. The summed E-state index contributed by atoms with van der Waals surface area (Å²) in [7, 11) is 0. The van der Waals surface area contributed by atoms with Crippen LogP contribution in [0.25, 0.3) is 0 Å². The first-order valence-corrected chi connectivity index (χ1v) is 5.85. The van der Waals surface area contributed by atoms with E-state index in [4.69, 9.17) is 5.73 Å². The minimum absolute atomic E-state index is 0.179. The third kappa shape index (κ3) is 3.97. The van der Waals surface area contributed by atoms with Crippen molar-refractivity contribution in [1.29, 1.82) is 0 Å². The van der Waals surface area contributed by atoms with Crippen LogP contribution in [0.15, 0.2) is 24.3 Å². The van der Waals surface area contributed by atoms with E-state index in [9.17, 15) is 8.78 Å². The monoisotopic (exact) mass is 243 g/mol. The lowest BCUT2D eigenvalue weighted by molar-refractivity contribution is -0.0507. The molecule has 96 valence electrons. The van der Waals surface area contributed by atoms with E-state index in [1.807, 2.05) is 6.92 Å². The van der Waals surface area contributed by atoms with Gasteiger partial charge in [-0.25, -0.2) is 0 Å². The van der Waals surface area contributed by atoms with E-state index in [1.165, 1.54) is 6.07 Å². The summed E-state index contributed by atoms with van der Waals surface area (Å²) in [5.41, 5.74) is 6.72. The number of hydrogen-bond donors (Lipinski definition) is 1. The number of halogens is 2. The second-order valence-electron chi connectivity index (χ2n) is 4.21. The van der Waals surface area contributed by atoms with Gasteiger partial charge in [0, 0.05) is 11.6 Å². The molecule has 0 fully saturated rings. The maximum absolute atomic E-state index is 12.3. The number of benzene rings is 1. The molecule has 17 heavy (non-hydrogen) atoms. The summed E-state index contributed by atoms with van der Waals surface area (Å²) in [5.74, 6) is 0.417. The van der Waals surface area contributed by atoms with Gasteiger partial charge >= 0.3 is 6.61 Å². The van der Waals surface area contributed by atoms with Gasteiger partial charge in [0.2, 0.25) is 0 Å². The fourth-order valence-corrected chi connectivity index (χ4v) is 1.90. The molecule has 0 spiro atoms. The van der Waals surface area contributed by atoms with Crippen LogP contribution in [-0.4, -0.2) is 6.61 Å². The molecular formula is C13H19F2NO. The molecular weight excluding hydrogens is 224 g/mol. The lowest BCUT2D eigenvalue weighted by Crippen LogP contribution is -2.20. The Kier molecular flexibility index (Phi) is 5.35. The molecule has 0 heterocycles. The van der Waals surface area contributed by atoms with E-state index in [1.54, 1.807) is 18.2 Å². The van der Waals surface area contributed by atoms with E-state index in [-0.39, 0.29) is 17.7 Å². The van der Waals surface area contributed by atoms with Crippen molar-refractivity contribution in [2.45, 2.75) is 39.3 Å². The third-order valence-corrected chi connectivity index (χ3v) is 2.85. The van der Waals surface area contributed by atoms with Gasteiger partial charge in [0.15, 0.2) is 0 Å². The minimum Gasteiger partial charge on any atom is -0.434 e. The summed E-state index contributed by atoms with van der Waals surface area (Å²) in [4.78, 5) is 0. The van der Waals surface area contributed by atoms with E-state index < -0.39 is 6.61 Å². The summed E-state index contributed by atoms with van der Waals surface area (Å²) in [6, 6.07) is 6.45. The van der Waals surface area contributed by atoms with Crippen LogP contribution in [0.1, 0.15) is 38.3 Å². The average molecular weight is 243 g/mol. The molecule has 0 aliphatic heterocycles. The van der Waals surface area contributed by atoms with Crippen LogP contribution in [0.3, 0.4) is 0 Å². The van der Waals surface area contributed by atoms with Crippen LogP contribution in [-0.2, 0) is 0 Å². The molecule has 0 bridgehead atoms. The normalized spacial score (nSPS) is 14.7. The Hall–Kier alpha value is -1.16. The highest BCUT2D eigenvalue weighted by Crippen LogP contribution is 2.31. The van der Waals surface area contributed by atoms with Crippen molar-refractivity contribution in [2.75, 3.05) is 0 Å². The van der Waals surface area contributed by atoms with Gasteiger partial charge in [-0.15, -0.1) is 0 Å². The van der Waals surface area contributed by atoms with E-state index in [0.29, 0.717) is 5.56 Å². The van der Waals surface area contributed by atoms with Gasteiger partial charge in [0.05, 0.1) is 0 Å². The highest BCUT2D eigenvalue weighted by molar-refractivity contribution is 5.36. The Bertz CT molecular complexity index is 344. The number of ether oxygens (including phenoxy) is 1. The summed E-state index contributed by atoms with van der Waals surface area (Å²) in [5, 5.41) is 0. The zero-order valence-corrected chi connectivity index (χ0v) is 10.2. The zero-order chi connectivity index (χ0) is 12.8. The molecule has 0 saturated carbocycles. The average Bonchev–Trinajstić information content (AvgIpc) is 2.28. The fraction of sp³-hybridized carbons (Fsp3) is 0.538. The van der Waals surface area contributed by atoms with Crippen molar-refractivity contribution >= 4 is 0 Å². The Balaban J connectivity index is 2.88. The van der Waals surface area contributed by atoms with Crippen LogP contribution >= 0.6 is 0 Å². The van der Waals surface area contributed by atoms with Gasteiger partial charge in [-0.1, -0.05) is 38.5 Å². The number of alkyl halides is 2. The molecule has 2 nitrogen and oxygen atoms in total. The highest BCUT2D eigenvalue weighted by Gasteiger charge is 2.19. The third-order valence-electron chi connectivity index (χ3n) is 2.85. The van der Waals surface area contributed by atoms with Gasteiger partial charge in [0.1, 0.15) is 5.75 Å². The van der Waals surface area contributed by atoms with Crippen molar-refractivity contribution in [3.63, 3.8) is 0 Å². The van der Waals surface area contributed by atoms with Gasteiger partial charge in [-0.3, -0.25) is 0 Å². The van der Waals surface area contributed by atoms with Crippen molar-refractivity contribution in [1.82, 2.24) is 0 Å². The van der Waals surface area contributed by atoms with Crippen molar-refractivity contribution in [3.05, 3.63) is 29.8 Å². The first-order chi connectivity index (χ1) is 8.06. The maximum atomic E-state index is 12.3. The molecule has 0 saturated heterocycles. The number of rotatable bonds is 6.